The molecule has 2 heteroatoms. The van der Waals surface area contributed by atoms with E-state index in [1.165, 1.54) is 12.8 Å². The Hall–Kier alpha value is -0.790. The number of carbonyl (C=O) groups is 1. The van der Waals surface area contributed by atoms with Crippen molar-refractivity contribution >= 4 is 5.97 Å². The van der Waals surface area contributed by atoms with Gasteiger partial charge in [-0.25, -0.2) is 0 Å². The molecule has 4 aliphatic rings. The highest BCUT2D eigenvalue weighted by Gasteiger charge is 2.66. The van der Waals surface area contributed by atoms with Crippen LogP contribution in [0.1, 0.15) is 33.1 Å². The SMILES string of the molecule is CCOC(=O)C1(C)C[C@@H]2CC1C1C3C=CC(C3)C12. The summed E-state index contributed by atoms with van der Waals surface area (Å²) < 4.78 is 5.35. The number of carbonyl (C=O) groups excluding carboxylic acids is 1. The topological polar surface area (TPSA) is 26.3 Å². The Bertz CT molecular complexity index is 427. The lowest BCUT2D eigenvalue weighted by molar-refractivity contribution is -0.160. The van der Waals surface area contributed by atoms with Gasteiger partial charge in [0, 0.05) is 0 Å². The van der Waals surface area contributed by atoms with E-state index in [1.54, 1.807) is 0 Å². The van der Waals surface area contributed by atoms with E-state index in [4.69, 9.17) is 4.74 Å². The van der Waals surface area contributed by atoms with E-state index >= 15 is 0 Å². The van der Waals surface area contributed by atoms with Crippen molar-refractivity contribution in [2.24, 2.45) is 40.9 Å². The number of rotatable bonds is 2. The monoisotopic (exact) mass is 246 g/mol. The molecule has 4 aliphatic carbocycles. The van der Waals surface area contributed by atoms with Gasteiger partial charge in [0.2, 0.25) is 0 Å². The average Bonchev–Trinajstić information content (AvgIpc) is 3.05. The molecule has 0 heterocycles. The smallest absolute Gasteiger partial charge is 0.312 e. The molecule has 0 N–H and O–H groups in total. The van der Waals surface area contributed by atoms with Crippen LogP contribution in [-0.2, 0) is 9.53 Å². The van der Waals surface area contributed by atoms with E-state index in [-0.39, 0.29) is 11.4 Å². The van der Waals surface area contributed by atoms with Gasteiger partial charge in [-0.3, -0.25) is 4.79 Å². The van der Waals surface area contributed by atoms with Crippen LogP contribution in [0.5, 0.6) is 0 Å². The quantitative estimate of drug-likeness (QED) is 0.425. The van der Waals surface area contributed by atoms with Gasteiger partial charge in [0.1, 0.15) is 0 Å². The number of esters is 1. The minimum atomic E-state index is -0.180. The molecule has 4 rings (SSSR count). The lowest BCUT2D eigenvalue weighted by Crippen LogP contribution is -2.43. The normalized spacial score (nSPS) is 55.0. The van der Waals surface area contributed by atoms with E-state index in [2.05, 4.69) is 19.1 Å². The fourth-order valence-electron chi connectivity index (χ4n) is 5.90. The van der Waals surface area contributed by atoms with Crippen molar-refractivity contribution in [3.05, 3.63) is 12.2 Å². The van der Waals surface area contributed by atoms with Crippen LogP contribution in [0.15, 0.2) is 12.2 Å². The maximum Gasteiger partial charge on any atom is 0.312 e. The summed E-state index contributed by atoms with van der Waals surface area (Å²) >= 11 is 0. The molecule has 3 fully saturated rings. The molecule has 0 amide bonds. The second-order valence-corrected chi connectivity index (χ2v) is 7.05. The van der Waals surface area contributed by atoms with Gasteiger partial charge in [0.05, 0.1) is 12.0 Å². The molecule has 0 aromatic heterocycles. The Morgan fingerprint density at radius 1 is 1.28 bits per heavy atom. The van der Waals surface area contributed by atoms with Crippen molar-refractivity contribution in [1.29, 1.82) is 0 Å². The standard InChI is InChI=1S/C16H22O2/c1-3-18-15(17)16(2)8-11-7-12(16)14-10-5-4-9(6-10)13(11)14/h4-5,9-14H,3,6-8H2,1-2H3/t9?,10?,11-,12?,13?,14?,16?/m0/s1. The predicted octanol–water partition coefficient (Wildman–Crippen LogP) is 3.03. The Balaban J connectivity index is 1.65. The minimum Gasteiger partial charge on any atom is -0.466 e. The Morgan fingerprint density at radius 2 is 2.00 bits per heavy atom. The van der Waals surface area contributed by atoms with Crippen LogP contribution in [0, 0.1) is 40.9 Å². The Labute approximate surface area is 109 Å². The summed E-state index contributed by atoms with van der Waals surface area (Å²) in [5, 5.41) is 0. The molecular formula is C16H22O2. The van der Waals surface area contributed by atoms with E-state index in [0.29, 0.717) is 12.5 Å². The Morgan fingerprint density at radius 3 is 2.72 bits per heavy atom. The summed E-state index contributed by atoms with van der Waals surface area (Å²) in [4.78, 5) is 12.3. The van der Waals surface area contributed by atoms with Gasteiger partial charge in [-0.2, -0.15) is 0 Å². The van der Waals surface area contributed by atoms with Crippen molar-refractivity contribution in [3.8, 4) is 0 Å². The molecule has 0 spiro atoms. The summed E-state index contributed by atoms with van der Waals surface area (Å²) in [6.45, 7) is 4.60. The van der Waals surface area contributed by atoms with Crippen molar-refractivity contribution in [3.63, 3.8) is 0 Å². The average molecular weight is 246 g/mol. The van der Waals surface area contributed by atoms with Crippen LogP contribution in [-0.4, -0.2) is 12.6 Å². The molecule has 2 nitrogen and oxygen atoms in total. The minimum absolute atomic E-state index is 0.0719. The summed E-state index contributed by atoms with van der Waals surface area (Å²) in [7, 11) is 0. The van der Waals surface area contributed by atoms with E-state index in [0.717, 1.165) is 36.0 Å². The molecule has 3 saturated carbocycles. The third-order valence-electron chi connectivity index (χ3n) is 6.40. The highest BCUT2D eigenvalue weighted by atomic mass is 16.5. The van der Waals surface area contributed by atoms with Gasteiger partial charge >= 0.3 is 5.97 Å². The largest absolute Gasteiger partial charge is 0.466 e. The highest BCUT2D eigenvalue weighted by Crippen LogP contribution is 2.70. The lowest BCUT2D eigenvalue weighted by Gasteiger charge is -2.41. The molecule has 98 valence electrons. The molecule has 6 unspecified atom stereocenters. The second kappa shape index (κ2) is 3.40. The van der Waals surface area contributed by atoms with Gasteiger partial charge in [-0.1, -0.05) is 12.2 Å². The second-order valence-electron chi connectivity index (χ2n) is 7.05. The first-order valence-electron chi connectivity index (χ1n) is 7.50. The first-order chi connectivity index (χ1) is 8.65. The fraction of sp³-hybridized carbons (Fsp3) is 0.812. The molecule has 0 aromatic rings. The maximum absolute atomic E-state index is 12.3. The first kappa shape index (κ1) is 11.1. The highest BCUT2D eigenvalue weighted by molar-refractivity contribution is 5.77. The van der Waals surface area contributed by atoms with Crippen LogP contribution < -0.4 is 0 Å². The van der Waals surface area contributed by atoms with Crippen LogP contribution in [0.4, 0.5) is 0 Å². The van der Waals surface area contributed by atoms with Crippen molar-refractivity contribution in [2.75, 3.05) is 6.61 Å². The van der Waals surface area contributed by atoms with Gasteiger partial charge < -0.3 is 4.74 Å². The molecule has 0 aromatic carbocycles. The number of hydrogen-bond donors (Lipinski definition) is 0. The van der Waals surface area contributed by atoms with Crippen molar-refractivity contribution in [1.82, 2.24) is 0 Å². The van der Waals surface area contributed by atoms with Gasteiger partial charge in [0.15, 0.2) is 0 Å². The molecule has 4 bridgehead atoms. The molecule has 0 radical (unpaired) electrons. The maximum atomic E-state index is 12.3. The summed E-state index contributed by atoms with van der Waals surface area (Å²) in [6.07, 6.45) is 8.60. The van der Waals surface area contributed by atoms with Crippen molar-refractivity contribution in [2.45, 2.75) is 33.1 Å². The number of allylic oxidation sites excluding steroid dienone is 2. The number of fused-ring (bicyclic) bond motifs is 9. The van der Waals surface area contributed by atoms with E-state index in [9.17, 15) is 4.79 Å². The van der Waals surface area contributed by atoms with Gasteiger partial charge in [0.25, 0.3) is 0 Å². The molecule has 7 atom stereocenters. The van der Waals surface area contributed by atoms with Crippen LogP contribution >= 0.6 is 0 Å². The third-order valence-corrected chi connectivity index (χ3v) is 6.40. The van der Waals surface area contributed by atoms with Crippen LogP contribution in [0.3, 0.4) is 0 Å². The van der Waals surface area contributed by atoms with E-state index < -0.39 is 0 Å². The zero-order valence-corrected chi connectivity index (χ0v) is 11.3. The van der Waals surface area contributed by atoms with Gasteiger partial charge in [-0.15, -0.1) is 0 Å². The summed E-state index contributed by atoms with van der Waals surface area (Å²) in [6, 6.07) is 0. The number of ether oxygens (including phenoxy) is 1. The lowest BCUT2D eigenvalue weighted by atomic mass is 9.63. The number of hydrogen-bond acceptors (Lipinski definition) is 2. The first-order valence-corrected chi connectivity index (χ1v) is 7.50. The molecule has 18 heavy (non-hydrogen) atoms. The van der Waals surface area contributed by atoms with E-state index in [1.807, 2.05) is 6.92 Å². The Kier molecular flexibility index (Phi) is 2.09. The summed E-state index contributed by atoms with van der Waals surface area (Å²) in [5.41, 5.74) is -0.180. The van der Waals surface area contributed by atoms with Gasteiger partial charge in [-0.05, 0) is 68.6 Å². The zero-order valence-electron chi connectivity index (χ0n) is 11.3. The third kappa shape index (κ3) is 1.13. The van der Waals surface area contributed by atoms with Crippen LogP contribution in [0.2, 0.25) is 0 Å². The molecule has 0 aliphatic heterocycles. The molecular weight excluding hydrogens is 224 g/mol. The predicted molar refractivity (Wildman–Crippen MR) is 68.7 cm³/mol. The molecule has 0 saturated heterocycles. The fourth-order valence-corrected chi connectivity index (χ4v) is 5.90. The van der Waals surface area contributed by atoms with Crippen molar-refractivity contribution < 1.29 is 9.53 Å². The van der Waals surface area contributed by atoms with Crippen LogP contribution in [0.25, 0.3) is 0 Å². The summed E-state index contributed by atoms with van der Waals surface area (Å²) in [5.74, 6) is 4.73. The zero-order chi connectivity index (χ0) is 12.5.